The van der Waals surface area contributed by atoms with E-state index in [2.05, 4.69) is 10.2 Å². The van der Waals surface area contributed by atoms with Gasteiger partial charge in [-0.15, -0.1) is 0 Å². The molecule has 2 amide bonds. The Morgan fingerprint density at radius 3 is 2.35 bits per heavy atom. The Hall–Kier alpha value is -2.28. The highest BCUT2D eigenvalue weighted by Crippen LogP contribution is 2.11. The van der Waals surface area contributed by atoms with E-state index < -0.39 is 5.60 Å². The number of para-hydroxylation sites is 1. The Balaban J connectivity index is 1.58. The van der Waals surface area contributed by atoms with Crippen molar-refractivity contribution in [3.05, 3.63) is 30.3 Å². The van der Waals surface area contributed by atoms with Gasteiger partial charge in [-0.1, -0.05) is 18.2 Å². The zero-order chi connectivity index (χ0) is 19.0. The van der Waals surface area contributed by atoms with Crippen molar-refractivity contribution in [3.63, 3.8) is 0 Å². The number of nitrogens with zero attached hydrogens (tertiary/aromatic N) is 2. The fourth-order valence-corrected chi connectivity index (χ4v) is 2.55. The first-order valence-electron chi connectivity index (χ1n) is 8.98. The number of benzene rings is 1. The Morgan fingerprint density at radius 1 is 1.08 bits per heavy atom. The van der Waals surface area contributed by atoms with Crippen molar-refractivity contribution < 1.29 is 19.1 Å². The molecule has 7 nitrogen and oxygen atoms in total. The molecule has 1 heterocycles. The predicted octanol–water partition coefficient (Wildman–Crippen LogP) is 1.73. The van der Waals surface area contributed by atoms with Gasteiger partial charge in [-0.3, -0.25) is 9.69 Å². The molecular formula is C19H29N3O4. The van der Waals surface area contributed by atoms with Crippen molar-refractivity contribution in [3.8, 4) is 5.75 Å². The zero-order valence-corrected chi connectivity index (χ0v) is 15.9. The summed E-state index contributed by atoms with van der Waals surface area (Å²) in [6, 6.07) is 9.26. The minimum atomic E-state index is -0.472. The summed E-state index contributed by atoms with van der Waals surface area (Å²) in [6.07, 6.45) is -0.261. The lowest BCUT2D eigenvalue weighted by Gasteiger charge is -2.35. The van der Waals surface area contributed by atoms with Gasteiger partial charge < -0.3 is 19.7 Å². The summed E-state index contributed by atoms with van der Waals surface area (Å²) in [5.74, 6) is 0.544. The van der Waals surface area contributed by atoms with E-state index in [1.807, 2.05) is 51.1 Å². The SMILES string of the molecule is CC(C)(C)OC(=O)N1CCN(CCNC(=O)COc2ccccc2)CC1. The molecule has 0 spiro atoms. The van der Waals surface area contributed by atoms with Crippen LogP contribution < -0.4 is 10.1 Å². The van der Waals surface area contributed by atoms with Crippen LogP contribution in [0.25, 0.3) is 0 Å². The van der Waals surface area contributed by atoms with Gasteiger partial charge >= 0.3 is 6.09 Å². The maximum absolute atomic E-state index is 12.0. The van der Waals surface area contributed by atoms with Gasteiger partial charge in [0.25, 0.3) is 5.91 Å². The Labute approximate surface area is 155 Å². The van der Waals surface area contributed by atoms with E-state index >= 15 is 0 Å². The average Bonchev–Trinajstić information content (AvgIpc) is 2.60. The molecular weight excluding hydrogens is 334 g/mol. The van der Waals surface area contributed by atoms with Crippen molar-refractivity contribution in [2.75, 3.05) is 45.9 Å². The van der Waals surface area contributed by atoms with Gasteiger partial charge in [-0.25, -0.2) is 4.79 Å². The molecule has 1 fully saturated rings. The molecule has 1 aliphatic rings. The summed E-state index contributed by atoms with van der Waals surface area (Å²) in [5, 5.41) is 2.85. The number of hydrogen-bond acceptors (Lipinski definition) is 5. The zero-order valence-electron chi connectivity index (χ0n) is 15.9. The first-order chi connectivity index (χ1) is 12.3. The van der Waals surface area contributed by atoms with Crippen LogP contribution in [0.4, 0.5) is 4.79 Å². The number of hydrogen-bond donors (Lipinski definition) is 1. The molecule has 0 bridgehead atoms. The third-order valence-corrected chi connectivity index (χ3v) is 3.89. The highest BCUT2D eigenvalue weighted by Gasteiger charge is 2.25. The van der Waals surface area contributed by atoms with Crippen molar-refractivity contribution in [2.24, 2.45) is 0 Å². The normalized spacial score (nSPS) is 15.4. The van der Waals surface area contributed by atoms with Crippen LogP contribution in [0.1, 0.15) is 20.8 Å². The van der Waals surface area contributed by atoms with E-state index in [4.69, 9.17) is 9.47 Å². The van der Waals surface area contributed by atoms with Crippen LogP contribution in [-0.2, 0) is 9.53 Å². The highest BCUT2D eigenvalue weighted by molar-refractivity contribution is 5.77. The number of amides is 2. The molecule has 26 heavy (non-hydrogen) atoms. The van der Waals surface area contributed by atoms with Gasteiger partial charge in [0.05, 0.1) is 0 Å². The topological polar surface area (TPSA) is 71.1 Å². The van der Waals surface area contributed by atoms with Crippen LogP contribution in [0.2, 0.25) is 0 Å². The molecule has 1 aliphatic heterocycles. The van der Waals surface area contributed by atoms with Crippen molar-refractivity contribution in [1.29, 1.82) is 0 Å². The average molecular weight is 363 g/mol. The molecule has 0 aliphatic carbocycles. The Kier molecular flexibility index (Phi) is 7.26. The summed E-state index contributed by atoms with van der Waals surface area (Å²) in [6.45, 7) is 9.74. The van der Waals surface area contributed by atoms with E-state index in [1.54, 1.807) is 4.90 Å². The number of nitrogens with one attached hydrogen (secondary N) is 1. The highest BCUT2D eigenvalue weighted by atomic mass is 16.6. The van der Waals surface area contributed by atoms with Crippen molar-refractivity contribution in [1.82, 2.24) is 15.1 Å². The molecule has 2 rings (SSSR count). The first-order valence-corrected chi connectivity index (χ1v) is 8.98. The monoisotopic (exact) mass is 363 g/mol. The minimum absolute atomic E-state index is 0.0104. The van der Waals surface area contributed by atoms with Gasteiger partial charge in [0.1, 0.15) is 11.4 Å². The van der Waals surface area contributed by atoms with Gasteiger partial charge in [0.15, 0.2) is 6.61 Å². The van der Waals surface area contributed by atoms with Crippen LogP contribution in [0.15, 0.2) is 30.3 Å². The standard InChI is InChI=1S/C19H29N3O4/c1-19(2,3)26-18(24)22-13-11-21(12-14-22)10-9-20-17(23)15-25-16-7-5-4-6-8-16/h4-8H,9-15H2,1-3H3,(H,20,23). The third-order valence-electron chi connectivity index (χ3n) is 3.89. The number of piperazine rings is 1. The van der Waals surface area contributed by atoms with E-state index in [1.165, 1.54) is 0 Å². The van der Waals surface area contributed by atoms with Crippen molar-refractivity contribution >= 4 is 12.0 Å². The molecule has 1 N–H and O–H groups in total. The first kappa shape index (κ1) is 20.0. The summed E-state index contributed by atoms with van der Waals surface area (Å²) in [7, 11) is 0. The summed E-state index contributed by atoms with van der Waals surface area (Å²) < 4.78 is 10.8. The largest absolute Gasteiger partial charge is 0.484 e. The molecule has 0 saturated carbocycles. The molecule has 144 valence electrons. The maximum atomic E-state index is 12.0. The van der Waals surface area contributed by atoms with E-state index in [9.17, 15) is 9.59 Å². The molecule has 0 radical (unpaired) electrons. The molecule has 0 unspecified atom stereocenters. The summed E-state index contributed by atoms with van der Waals surface area (Å²) in [4.78, 5) is 27.8. The van der Waals surface area contributed by atoms with E-state index in [0.29, 0.717) is 25.4 Å². The number of carbonyl (C=O) groups excluding carboxylic acids is 2. The van der Waals surface area contributed by atoms with Crippen LogP contribution in [0.3, 0.4) is 0 Å². The molecule has 7 heteroatoms. The number of rotatable bonds is 6. The molecule has 0 atom stereocenters. The second-order valence-electron chi connectivity index (χ2n) is 7.26. The van der Waals surface area contributed by atoms with Crippen molar-refractivity contribution in [2.45, 2.75) is 26.4 Å². The smallest absolute Gasteiger partial charge is 0.410 e. The van der Waals surface area contributed by atoms with Gasteiger partial charge in [-0.2, -0.15) is 0 Å². The maximum Gasteiger partial charge on any atom is 0.410 e. The quantitative estimate of drug-likeness (QED) is 0.834. The van der Waals surface area contributed by atoms with Crippen LogP contribution >= 0.6 is 0 Å². The second-order valence-corrected chi connectivity index (χ2v) is 7.26. The van der Waals surface area contributed by atoms with Crippen LogP contribution in [0, 0.1) is 0 Å². The Bertz CT molecular complexity index is 578. The lowest BCUT2D eigenvalue weighted by atomic mass is 10.2. The Morgan fingerprint density at radius 2 is 1.73 bits per heavy atom. The van der Waals surface area contributed by atoms with Crippen LogP contribution in [-0.4, -0.2) is 73.3 Å². The fourth-order valence-electron chi connectivity index (χ4n) is 2.55. The summed E-state index contributed by atoms with van der Waals surface area (Å²) in [5.41, 5.74) is -0.472. The number of carbonyl (C=O) groups is 2. The molecule has 1 aromatic carbocycles. The lowest BCUT2D eigenvalue weighted by molar-refractivity contribution is -0.123. The second kappa shape index (κ2) is 9.43. The van der Waals surface area contributed by atoms with Gasteiger partial charge in [0.2, 0.25) is 0 Å². The van der Waals surface area contributed by atoms with Gasteiger partial charge in [-0.05, 0) is 32.9 Å². The lowest BCUT2D eigenvalue weighted by Crippen LogP contribution is -2.51. The fraction of sp³-hybridized carbons (Fsp3) is 0.579. The number of ether oxygens (including phenoxy) is 2. The molecule has 1 aromatic rings. The molecule has 1 saturated heterocycles. The van der Waals surface area contributed by atoms with E-state index in [-0.39, 0.29) is 18.6 Å². The van der Waals surface area contributed by atoms with Gasteiger partial charge in [0, 0.05) is 39.3 Å². The van der Waals surface area contributed by atoms with Crippen LogP contribution in [0.5, 0.6) is 5.75 Å². The third kappa shape index (κ3) is 7.31. The molecule has 0 aromatic heterocycles. The summed E-state index contributed by atoms with van der Waals surface area (Å²) >= 11 is 0. The predicted molar refractivity (Wildman–Crippen MR) is 99.2 cm³/mol. The van der Waals surface area contributed by atoms with E-state index in [0.717, 1.165) is 19.6 Å². The minimum Gasteiger partial charge on any atom is -0.484 e.